The van der Waals surface area contributed by atoms with Gasteiger partial charge in [-0.05, 0) is 26.7 Å². The molecule has 3 heteroatoms. The number of hydrazine groups is 1. The van der Waals surface area contributed by atoms with Crippen LogP contribution < -0.4 is 11.3 Å². The largest absolute Gasteiger partial charge is 0.374 e. The van der Waals surface area contributed by atoms with Crippen LogP contribution in [0, 0.1) is 0 Å². The van der Waals surface area contributed by atoms with Crippen LogP contribution in [-0.2, 0) is 4.74 Å². The van der Waals surface area contributed by atoms with Gasteiger partial charge in [0.1, 0.15) is 0 Å². The summed E-state index contributed by atoms with van der Waals surface area (Å²) in [6.07, 6.45) is 3.61. The number of hydrogen-bond acceptors (Lipinski definition) is 3. The molecule has 3 nitrogen and oxygen atoms in total. The molecule has 0 fully saturated rings. The molecule has 0 radical (unpaired) electrons. The monoisotopic (exact) mass is 186 g/mol. The summed E-state index contributed by atoms with van der Waals surface area (Å²) in [6, 6.07) is 0.134. The first-order chi connectivity index (χ1) is 6.14. The first-order valence-corrected chi connectivity index (χ1v) is 4.85. The van der Waals surface area contributed by atoms with Crippen LogP contribution in [0.3, 0.4) is 0 Å². The highest BCUT2D eigenvalue weighted by Crippen LogP contribution is 2.22. The highest BCUT2D eigenvalue weighted by Gasteiger charge is 2.31. The predicted molar refractivity (Wildman–Crippen MR) is 56.2 cm³/mol. The van der Waals surface area contributed by atoms with Crippen molar-refractivity contribution in [2.24, 2.45) is 5.84 Å². The van der Waals surface area contributed by atoms with E-state index in [0.717, 1.165) is 12.8 Å². The zero-order valence-electron chi connectivity index (χ0n) is 8.97. The van der Waals surface area contributed by atoms with Crippen LogP contribution in [0.5, 0.6) is 0 Å². The number of nitrogens with two attached hydrogens (primary N) is 1. The van der Waals surface area contributed by atoms with Crippen molar-refractivity contribution in [2.75, 3.05) is 6.61 Å². The summed E-state index contributed by atoms with van der Waals surface area (Å²) in [5.74, 6) is 5.47. The van der Waals surface area contributed by atoms with Gasteiger partial charge in [-0.2, -0.15) is 0 Å². The fourth-order valence-corrected chi connectivity index (χ4v) is 1.44. The summed E-state index contributed by atoms with van der Waals surface area (Å²) < 4.78 is 5.69. The Morgan fingerprint density at radius 3 is 2.54 bits per heavy atom. The van der Waals surface area contributed by atoms with Crippen molar-refractivity contribution in [3.63, 3.8) is 0 Å². The summed E-state index contributed by atoms with van der Waals surface area (Å²) in [7, 11) is 0. The summed E-state index contributed by atoms with van der Waals surface area (Å²) >= 11 is 0. The van der Waals surface area contributed by atoms with Gasteiger partial charge in [0.2, 0.25) is 0 Å². The van der Waals surface area contributed by atoms with Crippen molar-refractivity contribution >= 4 is 0 Å². The van der Waals surface area contributed by atoms with Crippen LogP contribution in [0.2, 0.25) is 0 Å². The standard InChI is InChI=1S/C10H22N2O/c1-5-8-9(12-11)10(4,6-2)13-7-3/h5,9,12H,1,6-8,11H2,2-4H3. The van der Waals surface area contributed by atoms with E-state index >= 15 is 0 Å². The van der Waals surface area contributed by atoms with E-state index in [9.17, 15) is 0 Å². The highest BCUT2D eigenvalue weighted by molar-refractivity contribution is 4.91. The third kappa shape index (κ3) is 3.46. The van der Waals surface area contributed by atoms with Crippen LogP contribution >= 0.6 is 0 Å². The van der Waals surface area contributed by atoms with E-state index in [1.165, 1.54) is 0 Å². The Bertz CT molecular complexity index is 150. The average molecular weight is 186 g/mol. The van der Waals surface area contributed by atoms with Gasteiger partial charge >= 0.3 is 0 Å². The second-order valence-corrected chi connectivity index (χ2v) is 3.34. The maximum atomic E-state index is 5.69. The number of hydrogen-bond donors (Lipinski definition) is 2. The smallest absolute Gasteiger partial charge is 0.0820 e. The lowest BCUT2D eigenvalue weighted by molar-refractivity contribution is -0.0544. The van der Waals surface area contributed by atoms with E-state index in [1.807, 2.05) is 13.0 Å². The Balaban J connectivity index is 4.37. The Kier molecular flexibility index (Phi) is 5.95. The number of ether oxygens (including phenoxy) is 1. The lowest BCUT2D eigenvalue weighted by atomic mass is 9.91. The van der Waals surface area contributed by atoms with Crippen LogP contribution in [0.25, 0.3) is 0 Å². The minimum atomic E-state index is -0.197. The molecular formula is C10H22N2O. The Morgan fingerprint density at radius 2 is 2.23 bits per heavy atom. The van der Waals surface area contributed by atoms with Crippen LogP contribution in [-0.4, -0.2) is 18.2 Å². The van der Waals surface area contributed by atoms with Crippen LogP contribution in [0.1, 0.15) is 33.6 Å². The zero-order chi connectivity index (χ0) is 10.3. The molecule has 78 valence electrons. The molecule has 2 unspecified atom stereocenters. The number of nitrogens with one attached hydrogen (secondary N) is 1. The third-order valence-corrected chi connectivity index (χ3v) is 2.52. The molecule has 0 aliphatic rings. The summed E-state index contributed by atoms with van der Waals surface area (Å²) in [5.41, 5.74) is 2.59. The van der Waals surface area contributed by atoms with E-state index in [1.54, 1.807) is 0 Å². The Labute approximate surface area is 81.3 Å². The minimum Gasteiger partial charge on any atom is -0.374 e. The molecule has 0 aromatic heterocycles. The van der Waals surface area contributed by atoms with Crippen molar-refractivity contribution in [3.05, 3.63) is 12.7 Å². The van der Waals surface area contributed by atoms with Gasteiger partial charge in [0.25, 0.3) is 0 Å². The van der Waals surface area contributed by atoms with Crippen molar-refractivity contribution < 1.29 is 4.74 Å². The van der Waals surface area contributed by atoms with E-state index in [0.29, 0.717) is 6.61 Å². The van der Waals surface area contributed by atoms with Crippen molar-refractivity contribution in [1.29, 1.82) is 0 Å². The Morgan fingerprint density at radius 1 is 1.62 bits per heavy atom. The number of rotatable bonds is 7. The zero-order valence-corrected chi connectivity index (χ0v) is 8.97. The normalized spacial score (nSPS) is 17.8. The SMILES string of the molecule is C=CCC(NN)C(C)(CC)OCC. The van der Waals surface area contributed by atoms with E-state index in [-0.39, 0.29) is 11.6 Å². The molecule has 0 bridgehead atoms. The second-order valence-electron chi connectivity index (χ2n) is 3.34. The van der Waals surface area contributed by atoms with Gasteiger partial charge in [0.15, 0.2) is 0 Å². The minimum absolute atomic E-state index is 0.134. The van der Waals surface area contributed by atoms with E-state index in [4.69, 9.17) is 10.6 Å². The van der Waals surface area contributed by atoms with Gasteiger partial charge in [0.05, 0.1) is 11.6 Å². The predicted octanol–water partition coefficient (Wildman–Crippen LogP) is 1.60. The lowest BCUT2D eigenvalue weighted by Crippen LogP contribution is -2.52. The van der Waals surface area contributed by atoms with Crippen molar-refractivity contribution in [2.45, 2.75) is 45.3 Å². The molecule has 0 heterocycles. The van der Waals surface area contributed by atoms with Gasteiger partial charge < -0.3 is 4.74 Å². The molecule has 0 saturated heterocycles. The molecule has 0 amide bonds. The molecule has 13 heavy (non-hydrogen) atoms. The molecule has 3 N–H and O–H groups in total. The van der Waals surface area contributed by atoms with Gasteiger partial charge in [-0.25, -0.2) is 0 Å². The topological polar surface area (TPSA) is 47.3 Å². The maximum absolute atomic E-state index is 5.69. The fourth-order valence-electron chi connectivity index (χ4n) is 1.44. The van der Waals surface area contributed by atoms with Crippen LogP contribution in [0.15, 0.2) is 12.7 Å². The molecule has 0 aromatic carbocycles. The van der Waals surface area contributed by atoms with Gasteiger partial charge in [-0.15, -0.1) is 6.58 Å². The van der Waals surface area contributed by atoms with Gasteiger partial charge in [0, 0.05) is 6.61 Å². The van der Waals surface area contributed by atoms with Crippen molar-refractivity contribution in [1.82, 2.24) is 5.43 Å². The van der Waals surface area contributed by atoms with Gasteiger partial charge in [-0.1, -0.05) is 13.0 Å². The quantitative estimate of drug-likeness (QED) is 0.361. The lowest BCUT2D eigenvalue weighted by Gasteiger charge is -2.35. The molecule has 0 aliphatic carbocycles. The summed E-state index contributed by atoms with van der Waals surface area (Å²) in [6.45, 7) is 10.6. The third-order valence-electron chi connectivity index (χ3n) is 2.52. The molecule has 0 aliphatic heterocycles. The van der Waals surface area contributed by atoms with Gasteiger partial charge in [-0.3, -0.25) is 11.3 Å². The summed E-state index contributed by atoms with van der Waals surface area (Å²) in [5, 5.41) is 0. The second kappa shape index (κ2) is 6.13. The first-order valence-electron chi connectivity index (χ1n) is 4.85. The molecular weight excluding hydrogens is 164 g/mol. The van der Waals surface area contributed by atoms with Crippen LogP contribution in [0.4, 0.5) is 0 Å². The maximum Gasteiger partial charge on any atom is 0.0820 e. The summed E-state index contributed by atoms with van der Waals surface area (Å²) in [4.78, 5) is 0. The average Bonchev–Trinajstić information content (AvgIpc) is 2.14. The first kappa shape index (κ1) is 12.6. The highest BCUT2D eigenvalue weighted by atomic mass is 16.5. The Hall–Kier alpha value is -0.380. The van der Waals surface area contributed by atoms with Crippen molar-refractivity contribution in [3.8, 4) is 0 Å². The molecule has 0 spiro atoms. The molecule has 2 atom stereocenters. The molecule has 0 rings (SSSR count). The fraction of sp³-hybridized carbons (Fsp3) is 0.800. The molecule has 0 aromatic rings. The van der Waals surface area contributed by atoms with E-state index < -0.39 is 0 Å². The van der Waals surface area contributed by atoms with E-state index in [2.05, 4.69) is 25.9 Å². The molecule has 0 saturated carbocycles.